The maximum atomic E-state index is 10.1. The number of hydrogen-bond donors (Lipinski definition) is 2. The Kier molecular flexibility index (Phi) is 9.66. The summed E-state index contributed by atoms with van der Waals surface area (Å²) in [6.45, 7) is 8.49. The van der Waals surface area contributed by atoms with Gasteiger partial charge in [-0.2, -0.15) is 0 Å². The maximum absolute atomic E-state index is 10.1. The van der Waals surface area contributed by atoms with Gasteiger partial charge >= 0.3 is 0 Å². The molecule has 1 aliphatic heterocycles. The fourth-order valence-corrected chi connectivity index (χ4v) is 2.89. The van der Waals surface area contributed by atoms with Crippen LogP contribution < -0.4 is 5.32 Å². The highest BCUT2D eigenvalue weighted by atomic mass is 35.5. The molecule has 0 aliphatic carbocycles. The number of piperazine rings is 1. The molecule has 21 heavy (non-hydrogen) atoms. The molecule has 1 saturated heterocycles. The number of hydrogen-bond acceptors (Lipinski definition) is 3. The van der Waals surface area contributed by atoms with E-state index in [1.807, 2.05) is 6.07 Å². The summed E-state index contributed by atoms with van der Waals surface area (Å²) in [6, 6.07) is 5.60. The fraction of sp³-hybridized carbons (Fsp3) is 0.600. The van der Waals surface area contributed by atoms with Crippen LogP contribution in [0.2, 0.25) is 5.02 Å². The molecule has 0 bridgehead atoms. The first-order valence-corrected chi connectivity index (χ1v) is 7.39. The summed E-state index contributed by atoms with van der Waals surface area (Å²) in [5.74, 6) is 0.937. The monoisotopic (exact) mass is 354 g/mol. The average molecular weight is 356 g/mol. The van der Waals surface area contributed by atoms with Gasteiger partial charge in [0.05, 0.1) is 0 Å². The quantitative estimate of drug-likeness (QED) is 0.860. The minimum atomic E-state index is 0. The number of benzene rings is 1. The van der Waals surface area contributed by atoms with E-state index in [4.69, 9.17) is 11.6 Å². The molecule has 1 atom stereocenters. The fourth-order valence-electron chi connectivity index (χ4n) is 2.71. The number of aromatic hydroxyl groups is 1. The molecule has 1 aromatic carbocycles. The summed E-state index contributed by atoms with van der Waals surface area (Å²) in [4.78, 5) is 2.45. The highest BCUT2D eigenvalue weighted by molar-refractivity contribution is 6.30. The third-order valence-electron chi connectivity index (χ3n) is 3.64. The highest BCUT2D eigenvalue weighted by Crippen LogP contribution is 2.35. The number of halogens is 3. The molecule has 0 aromatic heterocycles. The van der Waals surface area contributed by atoms with Crippen molar-refractivity contribution in [2.45, 2.75) is 26.3 Å². The van der Waals surface area contributed by atoms with Gasteiger partial charge in [0.25, 0.3) is 0 Å². The normalized spacial score (nSPS) is 17.0. The number of phenols is 1. The van der Waals surface area contributed by atoms with Gasteiger partial charge in [0.2, 0.25) is 0 Å². The first-order chi connectivity index (χ1) is 9.08. The molecule has 3 nitrogen and oxygen atoms in total. The lowest BCUT2D eigenvalue weighted by Crippen LogP contribution is -2.45. The summed E-state index contributed by atoms with van der Waals surface area (Å²) in [5, 5.41) is 14.2. The Hall–Kier alpha value is -0.190. The van der Waals surface area contributed by atoms with E-state index < -0.39 is 0 Å². The van der Waals surface area contributed by atoms with Gasteiger partial charge in [0, 0.05) is 42.8 Å². The Labute approximate surface area is 144 Å². The van der Waals surface area contributed by atoms with Crippen molar-refractivity contribution in [1.29, 1.82) is 0 Å². The van der Waals surface area contributed by atoms with Crippen LogP contribution in [-0.4, -0.2) is 36.2 Å². The van der Waals surface area contributed by atoms with E-state index >= 15 is 0 Å². The van der Waals surface area contributed by atoms with Crippen LogP contribution in [0.4, 0.5) is 0 Å². The summed E-state index contributed by atoms with van der Waals surface area (Å²) in [6.07, 6.45) is 1.04. The third kappa shape index (κ3) is 5.84. The number of rotatable bonds is 4. The van der Waals surface area contributed by atoms with Crippen LogP contribution in [0.3, 0.4) is 0 Å². The van der Waals surface area contributed by atoms with Gasteiger partial charge in [-0.05, 0) is 30.5 Å². The molecule has 2 N–H and O–H groups in total. The van der Waals surface area contributed by atoms with Crippen molar-refractivity contribution in [2.24, 2.45) is 5.92 Å². The van der Waals surface area contributed by atoms with Crippen LogP contribution in [0.15, 0.2) is 18.2 Å². The molecule has 0 spiro atoms. The molecule has 0 radical (unpaired) electrons. The molecule has 0 saturated carbocycles. The van der Waals surface area contributed by atoms with Crippen molar-refractivity contribution in [2.75, 3.05) is 26.2 Å². The zero-order chi connectivity index (χ0) is 13.8. The third-order valence-corrected chi connectivity index (χ3v) is 3.87. The van der Waals surface area contributed by atoms with Gasteiger partial charge in [0.15, 0.2) is 0 Å². The first kappa shape index (κ1) is 20.8. The molecule has 1 aliphatic rings. The molecule has 1 heterocycles. The van der Waals surface area contributed by atoms with E-state index in [1.165, 1.54) is 0 Å². The van der Waals surface area contributed by atoms with E-state index in [2.05, 4.69) is 24.1 Å². The Bertz CT molecular complexity index is 423. The lowest BCUT2D eigenvalue weighted by molar-refractivity contribution is 0.151. The molecule has 122 valence electrons. The minimum Gasteiger partial charge on any atom is -0.508 e. The van der Waals surface area contributed by atoms with Crippen LogP contribution in [-0.2, 0) is 0 Å². The standard InChI is InChI=1S/C15H23ClN2O.2ClH/c1-11(2)9-14(18-7-5-17-6-8-18)13-10-12(16)3-4-15(13)19;;/h3-4,10-11,14,17,19H,5-9H2,1-2H3;2*1H/t14-;;/m1../s1. The Morgan fingerprint density at radius 1 is 1.24 bits per heavy atom. The van der Waals surface area contributed by atoms with Crippen LogP contribution in [0.25, 0.3) is 0 Å². The van der Waals surface area contributed by atoms with E-state index in [0.29, 0.717) is 16.7 Å². The Morgan fingerprint density at radius 3 is 2.43 bits per heavy atom. The smallest absolute Gasteiger partial charge is 0.120 e. The molecular formula is C15H25Cl3N2O. The van der Waals surface area contributed by atoms with E-state index in [1.54, 1.807) is 12.1 Å². The van der Waals surface area contributed by atoms with Crippen molar-refractivity contribution in [1.82, 2.24) is 10.2 Å². The second kappa shape index (κ2) is 9.75. The van der Waals surface area contributed by atoms with Crippen molar-refractivity contribution >= 4 is 36.4 Å². The van der Waals surface area contributed by atoms with Crippen molar-refractivity contribution in [3.05, 3.63) is 28.8 Å². The van der Waals surface area contributed by atoms with E-state index in [9.17, 15) is 5.11 Å². The van der Waals surface area contributed by atoms with E-state index in [-0.39, 0.29) is 30.9 Å². The van der Waals surface area contributed by atoms with Gasteiger partial charge in [-0.15, -0.1) is 24.8 Å². The topological polar surface area (TPSA) is 35.5 Å². The van der Waals surface area contributed by atoms with Crippen molar-refractivity contribution < 1.29 is 5.11 Å². The maximum Gasteiger partial charge on any atom is 0.120 e. The number of nitrogens with one attached hydrogen (secondary N) is 1. The predicted molar refractivity (Wildman–Crippen MR) is 94.3 cm³/mol. The highest BCUT2D eigenvalue weighted by Gasteiger charge is 2.25. The minimum absolute atomic E-state index is 0. The number of phenolic OH excluding ortho intramolecular Hbond substituents is 1. The van der Waals surface area contributed by atoms with Gasteiger partial charge in [0.1, 0.15) is 5.75 Å². The summed E-state index contributed by atoms with van der Waals surface area (Å²) in [7, 11) is 0. The van der Waals surface area contributed by atoms with Gasteiger partial charge < -0.3 is 10.4 Å². The largest absolute Gasteiger partial charge is 0.508 e. The molecule has 6 heteroatoms. The van der Waals surface area contributed by atoms with Crippen molar-refractivity contribution in [3.63, 3.8) is 0 Å². The molecule has 0 unspecified atom stereocenters. The average Bonchev–Trinajstić information content (AvgIpc) is 2.40. The van der Waals surface area contributed by atoms with Crippen LogP contribution in [0.5, 0.6) is 5.75 Å². The van der Waals surface area contributed by atoms with Gasteiger partial charge in [-0.1, -0.05) is 25.4 Å². The molecule has 1 aromatic rings. The van der Waals surface area contributed by atoms with Gasteiger partial charge in [-0.25, -0.2) is 0 Å². The first-order valence-electron chi connectivity index (χ1n) is 7.01. The van der Waals surface area contributed by atoms with E-state index in [0.717, 1.165) is 38.2 Å². The summed E-state index contributed by atoms with van der Waals surface area (Å²) in [5.41, 5.74) is 0.961. The zero-order valence-electron chi connectivity index (χ0n) is 12.5. The zero-order valence-corrected chi connectivity index (χ0v) is 14.9. The molecule has 0 amide bonds. The molecular weight excluding hydrogens is 331 g/mol. The molecule has 1 fully saturated rings. The predicted octanol–water partition coefficient (Wildman–Crippen LogP) is 3.88. The number of nitrogens with zero attached hydrogens (tertiary/aromatic N) is 1. The second-order valence-electron chi connectivity index (χ2n) is 5.63. The lowest BCUT2D eigenvalue weighted by atomic mass is 9.94. The van der Waals surface area contributed by atoms with Crippen LogP contribution in [0, 0.1) is 5.92 Å². The van der Waals surface area contributed by atoms with Crippen LogP contribution in [0.1, 0.15) is 31.9 Å². The summed E-state index contributed by atoms with van der Waals surface area (Å²) < 4.78 is 0. The Balaban J connectivity index is 0.00000200. The lowest BCUT2D eigenvalue weighted by Gasteiger charge is -2.36. The molecule has 2 rings (SSSR count). The summed E-state index contributed by atoms with van der Waals surface area (Å²) >= 11 is 6.09. The SMILES string of the molecule is CC(C)C[C@H](c1cc(Cl)ccc1O)N1CCNCC1.Cl.Cl. The van der Waals surface area contributed by atoms with Gasteiger partial charge in [-0.3, -0.25) is 4.90 Å². The second-order valence-corrected chi connectivity index (χ2v) is 6.07. The van der Waals surface area contributed by atoms with Crippen molar-refractivity contribution in [3.8, 4) is 5.75 Å². The Morgan fingerprint density at radius 2 is 1.86 bits per heavy atom. The van der Waals surface area contributed by atoms with Crippen LogP contribution >= 0.6 is 36.4 Å².